The number of carbonyl (C=O) groups is 2. The maximum absolute atomic E-state index is 11.2. The Morgan fingerprint density at radius 2 is 1.78 bits per heavy atom. The molecule has 174 valence electrons. The van der Waals surface area contributed by atoms with Gasteiger partial charge in [0.2, 0.25) is 0 Å². The summed E-state index contributed by atoms with van der Waals surface area (Å²) >= 11 is 0. The van der Waals surface area contributed by atoms with Crippen molar-refractivity contribution in [3.8, 4) is 5.75 Å². The molecule has 1 atom stereocenters. The summed E-state index contributed by atoms with van der Waals surface area (Å²) in [5.41, 5.74) is 0.303. The summed E-state index contributed by atoms with van der Waals surface area (Å²) in [7, 11) is 1.31. The van der Waals surface area contributed by atoms with Crippen LogP contribution in [0.5, 0.6) is 5.75 Å². The minimum absolute atomic E-state index is 0.0531. The molecule has 0 aliphatic carbocycles. The van der Waals surface area contributed by atoms with Crippen LogP contribution in [0.2, 0.25) is 0 Å². The lowest BCUT2D eigenvalue weighted by Gasteiger charge is -2.14. The Morgan fingerprint density at radius 1 is 1.12 bits per heavy atom. The summed E-state index contributed by atoms with van der Waals surface area (Å²) in [6, 6.07) is 13.6. The van der Waals surface area contributed by atoms with Crippen molar-refractivity contribution < 1.29 is 33.6 Å². The molecule has 2 aromatic carbocycles. The van der Waals surface area contributed by atoms with Crippen LogP contribution < -0.4 is 4.74 Å². The van der Waals surface area contributed by atoms with Crippen LogP contribution in [-0.4, -0.2) is 56.7 Å². The number of carbonyl (C=O) groups excluding carboxylic acids is 2. The second-order valence-corrected chi connectivity index (χ2v) is 6.87. The first-order chi connectivity index (χ1) is 15.4. The Bertz CT molecular complexity index is 859. The molecule has 1 unspecified atom stereocenters. The van der Waals surface area contributed by atoms with E-state index in [1.165, 1.54) is 20.0 Å². The van der Waals surface area contributed by atoms with Crippen molar-refractivity contribution in [2.45, 2.75) is 25.9 Å². The van der Waals surface area contributed by atoms with E-state index in [2.05, 4.69) is 17.9 Å². The number of methoxy groups -OCH3 is 1. The molecule has 0 saturated carbocycles. The number of fused-ring (bicyclic) bond motifs is 1. The summed E-state index contributed by atoms with van der Waals surface area (Å²) in [6.45, 7) is 10.1. The van der Waals surface area contributed by atoms with E-state index in [-0.39, 0.29) is 13.2 Å². The molecule has 1 saturated heterocycles. The molecule has 1 aliphatic heterocycles. The standard InChI is InChI=1S/C17H18O4.C4H6O2.C4H8O/c1-12(2)17(19)21-11-14(18)10-20-16-9-5-7-13-6-3-4-8-15(13)16;1-3-4(5)6-2;1-2-4-5-3-1/h3-9,14,18H,1,10-11H2,2H3;3H,1H2,2H3;1-4H2. The Balaban J connectivity index is 0.000000380. The lowest BCUT2D eigenvalue weighted by Crippen LogP contribution is -2.25. The summed E-state index contributed by atoms with van der Waals surface area (Å²) in [4.78, 5) is 21.1. The monoisotopic (exact) mass is 444 g/mol. The van der Waals surface area contributed by atoms with Gasteiger partial charge < -0.3 is 24.1 Å². The van der Waals surface area contributed by atoms with Gasteiger partial charge in [0.1, 0.15) is 25.1 Å². The van der Waals surface area contributed by atoms with Gasteiger partial charge in [-0.15, -0.1) is 0 Å². The molecule has 1 aliphatic rings. The molecule has 0 amide bonds. The van der Waals surface area contributed by atoms with Crippen LogP contribution in [0, 0.1) is 0 Å². The van der Waals surface area contributed by atoms with Crippen LogP contribution >= 0.6 is 0 Å². The highest BCUT2D eigenvalue weighted by atomic mass is 16.5. The zero-order chi connectivity index (χ0) is 23.8. The first-order valence-electron chi connectivity index (χ1n) is 10.3. The smallest absolute Gasteiger partial charge is 0.333 e. The van der Waals surface area contributed by atoms with Crippen LogP contribution in [0.3, 0.4) is 0 Å². The van der Waals surface area contributed by atoms with Crippen LogP contribution in [0.4, 0.5) is 0 Å². The number of ether oxygens (including phenoxy) is 4. The molecule has 1 heterocycles. The molecule has 7 heteroatoms. The average Bonchev–Trinajstić information content (AvgIpc) is 3.41. The van der Waals surface area contributed by atoms with E-state index in [4.69, 9.17) is 14.2 Å². The van der Waals surface area contributed by atoms with Gasteiger partial charge in [0, 0.05) is 30.2 Å². The van der Waals surface area contributed by atoms with Gasteiger partial charge in [-0.25, -0.2) is 9.59 Å². The normalized spacial score (nSPS) is 12.8. The molecule has 1 fully saturated rings. The summed E-state index contributed by atoms with van der Waals surface area (Å²) in [6.07, 6.45) is 2.78. The molecule has 0 spiro atoms. The van der Waals surface area contributed by atoms with Gasteiger partial charge in [-0.05, 0) is 31.2 Å². The van der Waals surface area contributed by atoms with E-state index in [1.807, 2.05) is 42.5 Å². The van der Waals surface area contributed by atoms with E-state index in [1.54, 1.807) is 6.92 Å². The Hall–Kier alpha value is -3.16. The van der Waals surface area contributed by atoms with E-state index in [0.717, 1.165) is 30.1 Å². The zero-order valence-corrected chi connectivity index (χ0v) is 18.7. The van der Waals surface area contributed by atoms with Crippen LogP contribution in [0.25, 0.3) is 10.8 Å². The third-order valence-electron chi connectivity index (χ3n) is 4.13. The molecule has 0 bridgehead atoms. The van der Waals surface area contributed by atoms with Crippen molar-refractivity contribution in [1.29, 1.82) is 0 Å². The summed E-state index contributed by atoms with van der Waals surface area (Å²) in [5, 5.41) is 11.8. The van der Waals surface area contributed by atoms with E-state index in [9.17, 15) is 14.7 Å². The van der Waals surface area contributed by atoms with Gasteiger partial charge in [0.15, 0.2) is 0 Å². The SMILES string of the molecule is C1CCOC1.C=C(C)C(=O)OCC(O)COc1cccc2ccccc12.C=CC(=O)OC. The van der Waals surface area contributed by atoms with Gasteiger partial charge in [-0.3, -0.25) is 0 Å². The highest BCUT2D eigenvalue weighted by Gasteiger charge is 2.11. The molecular weight excluding hydrogens is 412 g/mol. The summed E-state index contributed by atoms with van der Waals surface area (Å²) in [5.74, 6) is -0.215. The number of benzene rings is 2. The number of aliphatic hydroxyl groups excluding tert-OH is 1. The fourth-order valence-corrected chi connectivity index (χ4v) is 2.44. The zero-order valence-electron chi connectivity index (χ0n) is 18.7. The second-order valence-electron chi connectivity index (χ2n) is 6.87. The predicted octanol–water partition coefficient (Wildman–Crippen LogP) is 3.84. The maximum Gasteiger partial charge on any atom is 0.333 e. The molecule has 0 aromatic heterocycles. The van der Waals surface area contributed by atoms with Gasteiger partial charge in [-0.1, -0.05) is 49.6 Å². The lowest BCUT2D eigenvalue weighted by atomic mass is 10.1. The van der Waals surface area contributed by atoms with Gasteiger partial charge >= 0.3 is 11.9 Å². The fraction of sp³-hybridized carbons (Fsp3) is 0.360. The molecule has 2 aromatic rings. The van der Waals surface area contributed by atoms with E-state index >= 15 is 0 Å². The Morgan fingerprint density at radius 3 is 2.31 bits per heavy atom. The minimum atomic E-state index is -0.882. The number of esters is 2. The van der Waals surface area contributed by atoms with Gasteiger partial charge in [0.05, 0.1) is 7.11 Å². The number of hydrogen-bond acceptors (Lipinski definition) is 7. The first-order valence-corrected chi connectivity index (χ1v) is 10.3. The predicted molar refractivity (Wildman–Crippen MR) is 123 cm³/mol. The second kappa shape index (κ2) is 15.6. The van der Waals surface area contributed by atoms with E-state index in [0.29, 0.717) is 11.3 Å². The van der Waals surface area contributed by atoms with E-state index < -0.39 is 18.0 Å². The topological polar surface area (TPSA) is 91.3 Å². The van der Waals surface area contributed by atoms with Crippen molar-refractivity contribution in [3.05, 3.63) is 67.3 Å². The average molecular weight is 445 g/mol. The molecule has 32 heavy (non-hydrogen) atoms. The lowest BCUT2D eigenvalue weighted by molar-refractivity contribution is -0.142. The largest absolute Gasteiger partial charge is 0.490 e. The maximum atomic E-state index is 11.2. The van der Waals surface area contributed by atoms with Crippen LogP contribution in [-0.2, 0) is 23.8 Å². The van der Waals surface area contributed by atoms with Crippen molar-refractivity contribution in [1.82, 2.24) is 0 Å². The molecule has 0 radical (unpaired) electrons. The third kappa shape index (κ3) is 10.7. The van der Waals surface area contributed by atoms with Crippen molar-refractivity contribution >= 4 is 22.7 Å². The number of hydrogen-bond donors (Lipinski definition) is 1. The third-order valence-corrected chi connectivity index (χ3v) is 4.13. The van der Waals surface area contributed by atoms with Crippen molar-refractivity contribution in [2.24, 2.45) is 0 Å². The highest BCUT2D eigenvalue weighted by Crippen LogP contribution is 2.25. The quantitative estimate of drug-likeness (QED) is 0.512. The fourth-order valence-electron chi connectivity index (χ4n) is 2.44. The Kier molecular flexibility index (Phi) is 13.1. The van der Waals surface area contributed by atoms with Crippen molar-refractivity contribution in [3.63, 3.8) is 0 Å². The molecule has 1 N–H and O–H groups in total. The van der Waals surface area contributed by atoms with Gasteiger partial charge in [0.25, 0.3) is 0 Å². The highest BCUT2D eigenvalue weighted by molar-refractivity contribution is 5.88. The minimum Gasteiger partial charge on any atom is -0.490 e. The Labute approximate surface area is 189 Å². The molecule has 7 nitrogen and oxygen atoms in total. The van der Waals surface area contributed by atoms with Gasteiger partial charge in [-0.2, -0.15) is 0 Å². The first kappa shape index (κ1) is 26.9. The summed E-state index contributed by atoms with van der Waals surface area (Å²) < 4.78 is 19.6. The molecule has 3 rings (SSSR count). The number of rotatable bonds is 7. The van der Waals surface area contributed by atoms with Crippen molar-refractivity contribution in [2.75, 3.05) is 33.5 Å². The van der Waals surface area contributed by atoms with Crippen LogP contribution in [0.15, 0.2) is 67.3 Å². The molecular formula is C25H32O7. The van der Waals surface area contributed by atoms with Crippen LogP contribution in [0.1, 0.15) is 19.8 Å². The number of aliphatic hydroxyl groups is 1.